The maximum atomic E-state index is 14.1. The van der Waals surface area contributed by atoms with Crippen LogP contribution >= 0.6 is 0 Å². The zero-order valence-corrected chi connectivity index (χ0v) is 12.4. The smallest absolute Gasteiger partial charge is 0.147 e. The first kappa shape index (κ1) is 14.6. The molecule has 0 spiro atoms. The van der Waals surface area contributed by atoms with Crippen molar-refractivity contribution in [1.82, 2.24) is 4.90 Å². The van der Waals surface area contributed by atoms with Gasteiger partial charge in [-0.15, -0.1) is 0 Å². The van der Waals surface area contributed by atoms with Crippen molar-refractivity contribution in [2.75, 3.05) is 31.1 Å². The van der Waals surface area contributed by atoms with Crippen molar-refractivity contribution < 1.29 is 4.39 Å². The van der Waals surface area contributed by atoms with Crippen LogP contribution in [-0.2, 0) is 6.54 Å². The molecule has 0 unspecified atom stereocenters. The summed E-state index contributed by atoms with van der Waals surface area (Å²) in [6.07, 6.45) is 0. The highest BCUT2D eigenvalue weighted by Crippen LogP contribution is 2.22. The van der Waals surface area contributed by atoms with Gasteiger partial charge in [-0.3, -0.25) is 4.90 Å². The third-order valence-electron chi connectivity index (χ3n) is 4.04. The monoisotopic (exact) mass is 295 g/mol. The molecule has 0 radical (unpaired) electrons. The van der Waals surface area contributed by atoms with Gasteiger partial charge in [-0.25, -0.2) is 4.39 Å². The predicted octanol–water partition coefficient (Wildman–Crippen LogP) is 3.02. The normalized spacial score (nSPS) is 15.5. The van der Waals surface area contributed by atoms with E-state index >= 15 is 0 Å². The number of nitrogens with zero attached hydrogens (tertiary/aromatic N) is 3. The lowest BCUT2D eigenvalue weighted by atomic mass is 10.1. The number of anilines is 1. The van der Waals surface area contributed by atoms with E-state index in [1.54, 1.807) is 12.1 Å². The van der Waals surface area contributed by atoms with Gasteiger partial charge in [-0.1, -0.05) is 30.3 Å². The highest BCUT2D eigenvalue weighted by Gasteiger charge is 2.19. The molecule has 2 aromatic rings. The van der Waals surface area contributed by atoms with Gasteiger partial charge >= 0.3 is 0 Å². The average molecular weight is 295 g/mol. The Bertz CT molecular complexity index is 670. The summed E-state index contributed by atoms with van der Waals surface area (Å²) in [5, 5.41) is 8.80. The Morgan fingerprint density at radius 2 is 1.73 bits per heavy atom. The molecular formula is C18H18FN3. The van der Waals surface area contributed by atoms with Crippen molar-refractivity contribution in [2.24, 2.45) is 0 Å². The molecule has 0 amide bonds. The molecule has 3 nitrogen and oxygen atoms in total. The van der Waals surface area contributed by atoms with Crippen LogP contribution in [0.25, 0.3) is 0 Å². The van der Waals surface area contributed by atoms with Crippen LogP contribution in [0, 0.1) is 17.1 Å². The number of benzene rings is 2. The lowest BCUT2D eigenvalue weighted by Gasteiger charge is -2.36. The summed E-state index contributed by atoms with van der Waals surface area (Å²) in [6, 6.07) is 17.1. The van der Waals surface area contributed by atoms with Crippen LogP contribution in [0.1, 0.15) is 11.1 Å². The Kier molecular flexibility index (Phi) is 4.36. The molecule has 1 aliphatic rings. The van der Waals surface area contributed by atoms with E-state index in [2.05, 4.69) is 34.1 Å². The van der Waals surface area contributed by atoms with E-state index in [-0.39, 0.29) is 5.82 Å². The maximum absolute atomic E-state index is 14.1. The quantitative estimate of drug-likeness (QED) is 0.872. The summed E-state index contributed by atoms with van der Waals surface area (Å²) >= 11 is 0. The lowest BCUT2D eigenvalue weighted by Crippen LogP contribution is -2.46. The standard InChI is InChI=1S/C18H18FN3/c19-17-12-16(13-20)6-7-18(17)22-10-8-21(9-11-22)14-15-4-2-1-3-5-15/h1-7,12H,8-11,14H2. The lowest BCUT2D eigenvalue weighted by molar-refractivity contribution is 0.249. The molecule has 1 heterocycles. The number of hydrogen-bond donors (Lipinski definition) is 0. The van der Waals surface area contributed by atoms with Gasteiger partial charge in [-0.2, -0.15) is 5.26 Å². The molecule has 4 heteroatoms. The minimum atomic E-state index is -0.310. The fraction of sp³-hybridized carbons (Fsp3) is 0.278. The molecule has 3 rings (SSSR count). The topological polar surface area (TPSA) is 30.3 Å². The number of hydrogen-bond acceptors (Lipinski definition) is 3. The van der Waals surface area contributed by atoms with Gasteiger partial charge in [0.1, 0.15) is 5.82 Å². The predicted molar refractivity (Wildman–Crippen MR) is 85.0 cm³/mol. The molecule has 1 saturated heterocycles. The number of piperazine rings is 1. The molecule has 0 atom stereocenters. The number of nitriles is 1. The van der Waals surface area contributed by atoms with Gasteiger partial charge in [0.15, 0.2) is 0 Å². The van der Waals surface area contributed by atoms with Crippen LogP contribution < -0.4 is 4.90 Å². The summed E-state index contributed by atoms with van der Waals surface area (Å²) in [7, 11) is 0. The fourth-order valence-corrected chi connectivity index (χ4v) is 2.82. The van der Waals surface area contributed by atoms with E-state index in [1.165, 1.54) is 11.6 Å². The number of halogens is 1. The second kappa shape index (κ2) is 6.59. The summed E-state index contributed by atoms with van der Waals surface area (Å²) in [5.74, 6) is -0.310. The second-order valence-electron chi connectivity index (χ2n) is 5.53. The summed E-state index contributed by atoms with van der Waals surface area (Å²) < 4.78 is 14.1. The fourth-order valence-electron chi connectivity index (χ4n) is 2.82. The molecule has 2 aromatic carbocycles. The Labute approximate surface area is 130 Å². The Hall–Kier alpha value is -2.38. The first-order valence-corrected chi connectivity index (χ1v) is 7.47. The summed E-state index contributed by atoms with van der Waals surface area (Å²) in [4.78, 5) is 4.44. The van der Waals surface area contributed by atoms with Crippen LogP contribution in [0.3, 0.4) is 0 Å². The minimum absolute atomic E-state index is 0.310. The third-order valence-corrected chi connectivity index (χ3v) is 4.04. The molecule has 112 valence electrons. The van der Waals surface area contributed by atoms with Crippen LogP contribution in [-0.4, -0.2) is 31.1 Å². The summed E-state index contributed by atoms with van der Waals surface area (Å²) in [5.41, 5.74) is 2.27. The largest absolute Gasteiger partial charge is 0.367 e. The van der Waals surface area contributed by atoms with E-state index in [0.29, 0.717) is 11.3 Å². The zero-order chi connectivity index (χ0) is 15.4. The van der Waals surface area contributed by atoms with Crippen LogP contribution in [0.15, 0.2) is 48.5 Å². The number of rotatable bonds is 3. The minimum Gasteiger partial charge on any atom is -0.367 e. The first-order chi connectivity index (χ1) is 10.8. The van der Waals surface area contributed by atoms with Gasteiger partial charge in [0.25, 0.3) is 0 Å². The molecule has 0 aliphatic carbocycles. The first-order valence-electron chi connectivity index (χ1n) is 7.47. The molecular weight excluding hydrogens is 277 g/mol. The van der Waals surface area contributed by atoms with Crippen molar-refractivity contribution in [3.8, 4) is 6.07 Å². The Balaban J connectivity index is 1.61. The maximum Gasteiger partial charge on any atom is 0.147 e. The van der Waals surface area contributed by atoms with Gasteiger partial charge < -0.3 is 4.90 Å². The molecule has 0 N–H and O–H groups in total. The highest BCUT2D eigenvalue weighted by atomic mass is 19.1. The van der Waals surface area contributed by atoms with Crippen molar-refractivity contribution >= 4 is 5.69 Å². The van der Waals surface area contributed by atoms with Crippen molar-refractivity contribution in [1.29, 1.82) is 5.26 Å². The van der Waals surface area contributed by atoms with Gasteiger partial charge in [0, 0.05) is 32.7 Å². The molecule has 0 bridgehead atoms. The van der Waals surface area contributed by atoms with E-state index in [9.17, 15) is 4.39 Å². The molecule has 22 heavy (non-hydrogen) atoms. The average Bonchev–Trinajstić information content (AvgIpc) is 2.56. The van der Waals surface area contributed by atoms with Crippen LogP contribution in [0.5, 0.6) is 0 Å². The molecule has 0 saturated carbocycles. The van der Waals surface area contributed by atoms with E-state index in [4.69, 9.17) is 5.26 Å². The van der Waals surface area contributed by atoms with Crippen LogP contribution in [0.4, 0.5) is 10.1 Å². The molecule has 1 fully saturated rings. The van der Waals surface area contributed by atoms with Gasteiger partial charge in [0.05, 0.1) is 17.3 Å². The van der Waals surface area contributed by atoms with Crippen molar-refractivity contribution in [2.45, 2.75) is 6.54 Å². The van der Waals surface area contributed by atoms with E-state index in [0.717, 1.165) is 32.7 Å². The van der Waals surface area contributed by atoms with Crippen molar-refractivity contribution in [3.63, 3.8) is 0 Å². The van der Waals surface area contributed by atoms with Gasteiger partial charge in [-0.05, 0) is 23.8 Å². The molecule has 1 aliphatic heterocycles. The Morgan fingerprint density at radius 1 is 1.00 bits per heavy atom. The SMILES string of the molecule is N#Cc1ccc(N2CCN(Cc3ccccc3)CC2)c(F)c1. The second-order valence-corrected chi connectivity index (χ2v) is 5.53. The highest BCUT2D eigenvalue weighted by molar-refractivity contribution is 5.51. The van der Waals surface area contributed by atoms with E-state index < -0.39 is 0 Å². The van der Waals surface area contributed by atoms with Gasteiger partial charge in [0.2, 0.25) is 0 Å². The third kappa shape index (κ3) is 3.26. The van der Waals surface area contributed by atoms with Crippen molar-refractivity contribution in [3.05, 3.63) is 65.5 Å². The van der Waals surface area contributed by atoms with E-state index in [1.807, 2.05) is 12.1 Å². The Morgan fingerprint density at radius 3 is 2.36 bits per heavy atom. The summed E-state index contributed by atoms with van der Waals surface area (Å²) in [6.45, 7) is 4.36. The zero-order valence-electron chi connectivity index (χ0n) is 12.4. The molecule has 0 aromatic heterocycles. The van der Waals surface area contributed by atoms with Crippen LogP contribution in [0.2, 0.25) is 0 Å².